The van der Waals surface area contributed by atoms with Gasteiger partial charge in [0.25, 0.3) is 0 Å². The second-order valence-corrected chi connectivity index (χ2v) is 28.3. The number of benzene rings is 2. The van der Waals surface area contributed by atoms with E-state index in [1.165, 1.54) is 39.0 Å². The molecule has 32 heavy (non-hydrogen) atoms. The molecule has 0 aliphatic heterocycles. The molecule has 0 fully saturated rings. The van der Waals surface area contributed by atoms with E-state index < -0.39 is 20.4 Å². The minimum atomic E-state index is -1.90. The maximum atomic E-state index is 2.74. The molecule has 166 valence electrons. The van der Waals surface area contributed by atoms with Crippen molar-refractivity contribution in [1.29, 1.82) is 0 Å². The van der Waals surface area contributed by atoms with E-state index >= 15 is 0 Å². The fourth-order valence-electron chi connectivity index (χ4n) is 6.05. The van der Waals surface area contributed by atoms with Gasteiger partial charge in [0.05, 0.1) is 0 Å². The molecule has 1 atom stereocenters. The number of rotatable bonds is 3. The molecule has 1 unspecified atom stereocenters. The predicted octanol–water partition coefficient (Wildman–Crippen LogP) is 8.75. The van der Waals surface area contributed by atoms with Crippen LogP contribution >= 0.6 is 0 Å². The van der Waals surface area contributed by atoms with Gasteiger partial charge < -0.3 is 0 Å². The third kappa shape index (κ3) is 3.67. The van der Waals surface area contributed by atoms with Gasteiger partial charge in [-0.05, 0) is 0 Å². The molecule has 0 saturated carbocycles. The Morgan fingerprint density at radius 1 is 0.750 bits per heavy atom. The summed E-state index contributed by atoms with van der Waals surface area (Å²) in [7, 11) is 0. The third-order valence-corrected chi connectivity index (χ3v) is 28.1. The maximum absolute atomic E-state index is 2.74. The monoisotopic (exact) mass is 516 g/mol. The fourth-order valence-corrected chi connectivity index (χ4v) is 26.6. The molecule has 0 bridgehead atoms. The van der Waals surface area contributed by atoms with Crippen molar-refractivity contribution in [2.45, 2.75) is 75.7 Å². The number of aryl methyl sites for hydroxylation is 2. The fraction of sp³-hybridized carbons (Fsp3) is 0.400. The van der Waals surface area contributed by atoms with E-state index in [0.29, 0.717) is 3.63 Å². The Kier molecular flexibility index (Phi) is 6.61. The summed E-state index contributed by atoms with van der Waals surface area (Å²) in [5.74, 6) is 0. The van der Waals surface area contributed by atoms with Crippen molar-refractivity contribution < 1.29 is 20.4 Å². The summed E-state index contributed by atoms with van der Waals surface area (Å²) in [5, 5.41) is 0. The second kappa shape index (κ2) is 8.84. The molecule has 0 spiro atoms. The van der Waals surface area contributed by atoms with E-state index in [4.69, 9.17) is 0 Å². The van der Waals surface area contributed by atoms with E-state index in [9.17, 15) is 0 Å². The summed E-state index contributed by atoms with van der Waals surface area (Å²) >= 11 is -1.90. The van der Waals surface area contributed by atoms with Gasteiger partial charge in [0.1, 0.15) is 0 Å². The van der Waals surface area contributed by atoms with Crippen LogP contribution in [0.25, 0.3) is 5.57 Å². The zero-order valence-electron chi connectivity index (χ0n) is 21.6. The zero-order chi connectivity index (χ0) is 23.5. The quantitative estimate of drug-likeness (QED) is 0.357. The van der Waals surface area contributed by atoms with Crippen LogP contribution in [0, 0.1) is 27.7 Å². The summed E-state index contributed by atoms with van der Waals surface area (Å²) in [6.45, 7) is 24.0. The number of hydrogen-bond donors (Lipinski definition) is 0. The van der Waals surface area contributed by atoms with Gasteiger partial charge >= 0.3 is 205 Å². The Hall–Kier alpha value is -1.24. The summed E-state index contributed by atoms with van der Waals surface area (Å²) in [5.41, 5.74) is 18.1. The van der Waals surface area contributed by atoms with Gasteiger partial charge in [-0.2, -0.15) is 0 Å². The molecule has 0 radical (unpaired) electrons. The van der Waals surface area contributed by atoms with Crippen LogP contribution in [0.1, 0.15) is 70.3 Å². The van der Waals surface area contributed by atoms with Crippen LogP contribution in [0.5, 0.6) is 0 Å². The van der Waals surface area contributed by atoms with Gasteiger partial charge in [-0.15, -0.1) is 0 Å². The Balaban J connectivity index is 1.98. The van der Waals surface area contributed by atoms with Gasteiger partial charge in [0.2, 0.25) is 0 Å². The summed E-state index contributed by atoms with van der Waals surface area (Å²) < 4.78 is 1.46. The predicted molar refractivity (Wildman–Crippen MR) is 140 cm³/mol. The van der Waals surface area contributed by atoms with Crippen LogP contribution in [0.15, 0.2) is 58.7 Å². The first kappa shape index (κ1) is 23.9. The molecule has 0 saturated heterocycles. The first-order valence-corrected chi connectivity index (χ1v) is 21.0. The second-order valence-electron chi connectivity index (χ2n) is 10.3. The van der Waals surface area contributed by atoms with Crippen molar-refractivity contribution in [3.8, 4) is 0 Å². The molecule has 4 rings (SSSR count). The standard InChI is InChI=1S/C19H19.C9H13.C2H6Si.Zr/c1-12-11-13(2)15(4)19(14(12)3)18-10-9-16-7-5-6-8-17(16)18;1-6-5-7(2)9(4)8(6)3;1-3-2;/h5-11H,1-4H3;5H,1-4H3;1-2H3;. The van der Waals surface area contributed by atoms with Crippen molar-refractivity contribution in [2.75, 3.05) is 0 Å². The Labute approximate surface area is 203 Å². The SMILES string of the molecule is CC1=C(C)[CH]([Zr]([CH]2C=C(c3c(C)c(C)cc(C)c3C)c3ccccc32)=[Si](C)C)C(C)=C1C. The van der Waals surface area contributed by atoms with Crippen LogP contribution in [-0.2, 0) is 20.4 Å². The van der Waals surface area contributed by atoms with Crippen LogP contribution in [0.3, 0.4) is 0 Å². The minimum absolute atomic E-state index is 0.349. The topological polar surface area (TPSA) is 0 Å². The Bertz CT molecular complexity index is 1210. The molecule has 0 heterocycles. The Morgan fingerprint density at radius 2 is 1.28 bits per heavy atom. The van der Waals surface area contributed by atoms with E-state index in [-0.39, 0.29) is 5.43 Å². The van der Waals surface area contributed by atoms with Crippen molar-refractivity contribution in [3.05, 3.63) is 97.6 Å². The van der Waals surface area contributed by atoms with Crippen LogP contribution in [0.2, 0.25) is 16.7 Å². The number of fused-ring (bicyclic) bond motifs is 1. The van der Waals surface area contributed by atoms with Crippen molar-refractivity contribution in [1.82, 2.24) is 0 Å². The van der Waals surface area contributed by atoms with Gasteiger partial charge in [-0.3, -0.25) is 0 Å². The molecule has 0 nitrogen and oxygen atoms in total. The molecule has 0 N–H and O–H groups in total. The van der Waals surface area contributed by atoms with Crippen LogP contribution in [-0.4, -0.2) is 5.43 Å². The summed E-state index contributed by atoms with van der Waals surface area (Å²) in [4.78, 5) is 0. The molecule has 2 heteroatoms. The van der Waals surface area contributed by atoms with Crippen LogP contribution < -0.4 is 0 Å². The zero-order valence-corrected chi connectivity index (χ0v) is 25.1. The normalized spacial score (nSPS) is 18.4. The van der Waals surface area contributed by atoms with Crippen molar-refractivity contribution >= 4 is 11.0 Å². The summed E-state index contributed by atoms with van der Waals surface area (Å²) in [6.07, 6.45) is 2.74. The average Bonchev–Trinajstić information content (AvgIpc) is 3.20. The number of allylic oxidation sites excluding steroid dienone is 5. The van der Waals surface area contributed by atoms with Crippen LogP contribution in [0.4, 0.5) is 0 Å². The van der Waals surface area contributed by atoms with Gasteiger partial charge in [-0.1, -0.05) is 0 Å². The van der Waals surface area contributed by atoms with Gasteiger partial charge in [0, 0.05) is 0 Å². The van der Waals surface area contributed by atoms with Gasteiger partial charge in [0.15, 0.2) is 0 Å². The van der Waals surface area contributed by atoms with Gasteiger partial charge in [-0.25, -0.2) is 0 Å². The van der Waals surface area contributed by atoms with E-state index in [2.05, 4.69) is 105 Å². The summed E-state index contributed by atoms with van der Waals surface area (Å²) in [6, 6.07) is 11.7. The van der Waals surface area contributed by atoms with E-state index in [1.807, 2.05) is 0 Å². The molecule has 0 aromatic heterocycles. The molecule has 2 aliphatic rings. The average molecular weight is 518 g/mol. The molecule has 2 aromatic carbocycles. The van der Waals surface area contributed by atoms with Crippen molar-refractivity contribution in [2.24, 2.45) is 0 Å². The molecule has 0 amide bonds. The molecule has 2 aromatic rings. The first-order chi connectivity index (χ1) is 15.1. The number of hydrogen-bond acceptors (Lipinski definition) is 0. The Morgan fingerprint density at radius 3 is 1.81 bits per heavy atom. The molecular formula is C30H38SiZr. The first-order valence-electron chi connectivity index (χ1n) is 12.0. The van der Waals surface area contributed by atoms with E-state index in [1.54, 1.807) is 27.9 Å². The third-order valence-electron chi connectivity index (χ3n) is 8.39. The molecule has 2 aliphatic carbocycles. The van der Waals surface area contributed by atoms with E-state index in [0.717, 1.165) is 3.63 Å². The van der Waals surface area contributed by atoms with Crippen molar-refractivity contribution in [3.63, 3.8) is 0 Å². The molecular weight excluding hydrogens is 480 g/mol.